The zero-order chi connectivity index (χ0) is 22.1. The number of amides is 2. The van der Waals surface area contributed by atoms with Gasteiger partial charge in [0.25, 0.3) is 5.91 Å². The molecule has 0 aromatic heterocycles. The fourth-order valence-electron chi connectivity index (χ4n) is 4.44. The summed E-state index contributed by atoms with van der Waals surface area (Å²) >= 11 is 0. The fraction of sp³-hybridized carbons (Fsp3) is 0.619. The Bertz CT molecular complexity index is 783. The molecule has 3 unspecified atom stereocenters. The van der Waals surface area contributed by atoms with Crippen LogP contribution in [0, 0.1) is 5.82 Å². The fourth-order valence-corrected chi connectivity index (χ4v) is 4.44. The first kappa shape index (κ1) is 22.5. The van der Waals surface area contributed by atoms with Gasteiger partial charge in [0.1, 0.15) is 5.82 Å². The summed E-state index contributed by atoms with van der Waals surface area (Å²) in [7, 11) is 0. The minimum absolute atomic E-state index is 0.196. The summed E-state index contributed by atoms with van der Waals surface area (Å²) in [5.41, 5.74) is -2.87. The highest BCUT2D eigenvalue weighted by Gasteiger charge is 2.60. The average molecular weight is 430 g/mol. The van der Waals surface area contributed by atoms with Crippen LogP contribution in [-0.4, -0.2) is 51.7 Å². The molecular formula is C21H26F4N2O3. The highest BCUT2D eigenvalue weighted by atomic mass is 19.4. The van der Waals surface area contributed by atoms with Crippen LogP contribution in [0.15, 0.2) is 24.3 Å². The quantitative estimate of drug-likeness (QED) is 0.682. The number of halogens is 4. The maximum atomic E-state index is 13.6. The van der Waals surface area contributed by atoms with E-state index in [-0.39, 0.29) is 24.2 Å². The molecule has 5 nitrogen and oxygen atoms in total. The van der Waals surface area contributed by atoms with Crippen molar-refractivity contribution in [3.05, 3.63) is 35.6 Å². The lowest BCUT2D eigenvalue weighted by atomic mass is 9.93. The van der Waals surface area contributed by atoms with Crippen molar-refractivity contribution in [1.82, 2.24) is 10.2 Å². The van der Waals surface area contributed by atoms with Crippen LogP contribution in [0.4, 0.5) is 17.6 Å². The molecule has 1 aromatic carbocycles. The Morgan fingerprint density at radius 3 is 2.33 bits per heavy atom. The van der Waals surface area contributed by atoms with Gasteiger partial charge in [-0.1, -0.05) is 18.2 Å². The second kappa shape index (κ2) is 8.53. The lowest BCUT2D eigenvalue weighted by Crippen LogP contribution is -2.61. The molecule has 2 aliphatic heterocycles. The minimum Gasteiger partial charge on any atom is -0.373 e. The average Bonchev–Trinajstić information content (AvgIpc) is 2.92. The van der Waals surface area contributed by atoms with Gasteiger partial charge in [-0.05, 0) is 57.1 Å². The summed E-state index contributed by atoms with van der Waals surface area (Å²) in [6, 6.07) is 5.28. The molecule has 0 aliphatic carbocycles. The van der Waals surface area contributed by atoms with E-state index in [2.05, 4.69) is 5.32 Å². The third kappa shape index (κ3) is 4.61. The lowest BCUT2D eigenvalue weighted by Gasteiger charge is -2.42. The zero-order valence-corrected chi connectivity index (χ0v) is 16.7. The van der Waals surface area contributed by atoms with Gasteiger partial charge in [0, 0.05) is 24.5 Å². The van der Waals surface area contributed by atoms with Crippen molar-refractivity contribution in [2.45, 2.75) is 81.8 Å². The first-order valence-electron chi connectivity index (χ1n) is 10.2. The highest BCUT2D eigenvalue weighted by molar-refractivity contribution is 5.86. The van der Waals surface area contributed by atoms with E-state index in [1.165, 1.54) is 6.07 Å². The molecule has 9 heteroatoms. The van der Waals surface area contributed by atoms with E-state index in [1.54, 1.807) is 18.2 Å². The summed E-state index contributed by atoms with van der Waals surface area (Å²) < 4.78 is 52.8. The maximum Gasteiger partial charge on any atom is 0.426 e. The van der Waals surface area contributed by atoms with E-state index in [0.717, 1.165) is 4.90 Å². The van der Waals surface area contributed by atoms with Crippen LogP contribution in [0.25, 0.3) is 0 Å². The zero-order valence-electron chi connectivity index (χ0n) is 16.7. The van der Waals surface area contributed by atoms with Crippen molar-refractivity contribution in [2.24, 2.45) is 0 Å². The van der Waals surface area contributed by atoms with Crippen LogP contribution in [0.2, 0.25) is 0 Å². The van der Waals surface area contributed by atoms with Crippen molar-refractivity contribution in [1.29, 1.82) is 0 Å². The predicted octanol–water partition coefficient (Wildman–Crippen LogP) is 3.10. The van der Waals surface area contributed by atoms with Crippen LogP contribution >= 0.6 is 0 Å². The van der Waals surface area contributed by atoms with Crippen LogP contribution in [-0.2, 0) is 16.0 Å². The van der Waals surface area contributed by atoms with Gasteiger partial charge in [0.15, 0.2) is 0 Å². The van der Waals surface area contributed by atoms with Gasteiger partial charge in [-0.25, -0.2) is 4.39 Å². The second-order valence-corrected chi connectivity index (χ2v) is 8.35. The molecule has 2 bridgehead atoms. The Kier molecular flexibility index (Phi) is 6.40. The van der Waals surface area contributed by atoms with Crippen molar-refractivity contribution in [2.75, 3.05) is 0 Å². The summed E-state index contributed by atoms with van der Waals surface area (Å²) in [5, 5.41) is 12.6. The number of rotatable bonds is 6. The normalized spacial score (nSPS) is 25.7. The topological polar surface area (TPSA) is 69.6 Å². The van der Waals surface area contributed by atoms with E-state index >= 15 is 0 Å². The SMILES string of the molecule is CC(O)(C(=O)N1C2CCC1CC(NC(=O)CCCc1ccccc1F)C2)C(F)(F)F. The van der Waals surface area contributed by atoms with E-state index in [9.17, 15) is 32.3 Å². The molecule has 3 rings (SSSR count). The van der Waals surface area contributed by atoms with Crippen molar-refractivity contribution in [3.8, 4) is 0 Å². The second-order valence-electron chi connectivity index (χ2n) is 8.35. The molecule has 30 heavy (non-hydrogen) atoms. The Hall–Kier alpha value is -2.16. The number of fused-ring (bicyclic) bond motifs is 2. The Morgan fingerprint density at radius 1 is 1.17 bits per heavy atom. The summed E-state index contributed by atoms with van der Waals surface area (Å²) in [6.07, 6.45) is -2.12. The number of nitrogens with zero attached hydrogens (tertiary/aromatic N) is 1. The first-order valence-corrected chi connectivity index (χ1v) is 10.2. The standard InChI is InChI=1S/C21H26F4N2O3/c1-20(30,21(23,24)25)19(29)27-15-9-10-16(27)12-14(11-15)26-18(28)8-4-6-13-5-2-3-7-17(13)22/h2-3,5,7,14-16,30H,4,6,8-12H2,1H3,(H,26,28). The molecule has 2 saturated heterocycles. The Morgan fingerprint density at radius 2 is 1.77 bits per heavy atom. The summed E-state index contributed by atoms with van der Waals surface area (Å²) in [4.78, 5) is 25.8. The molecule has 0 saturated carbocycles. The number of aliphatic hydroxyl groups is 1. The van der Waals surface area contributed by atoms with Crippen molar-refractivity contribution in [3.63, 3.8) is 0 Å². The van der Waals surface area contributed by atoms with Gasteiger partial charge in [-0.2, -0.15) is 13.2 Å². The van der Waals surface area contributed by atoms with Gasteiger partial charge in [0.05, 0.1) is 0 Å². The van der Waals surface area contributed by atoms with Gasteiger partial charge in [-0.3, -0.25) is 9.59 Å². The van der Waals surface area contributed by atoms with Crippen molar-refractivity contribution >= 4 is 11.8 Å². The first-order chi connectivity index (χ1) is 14.0. The Labute approximate surface area is 172 Å². The summed E-state index contributed by atoms with van der Waals surface area (Å²) in [5.74, 6) is -1.82. The number of alkyl halides is 3. The number of benzene rings is 1. The summed E-state index contributed by atoms with van der Waals surface area (Å²) in [6.45, 7) is 0.484. The molecule has 2 heterocycles. The molecule has 2 aliphatic rings. The van der Waals surface area contributed by atoms with E-state index in [4.69, 9.17) is 0 Å². The maximum absolute atomic E-state index is 13.6. The lowest BCUT2D eigenvalue weighted by molar-refractivity contribution is -0.251. The van der Waals surface area contributed by atoms with E-state index in [0.29, 0.717) is 51.0 Å². The van der Waals surface area contributed by atoms with Crippen LogP contribution in [0.5, 0.6) is 0 Å². The third-order valence-electron chi connectivity index (χ3n) is 6.11. The van der Waals surface area contributed by atoms with Crippen LogP contribution in [0.1, 0.15) is 51.0 Å². The monoisotopic (exact) mass is 430 g/mol. The molecule has 2 fully saturated rings. The van der Waals surface area contributed by atoms with E-state index < -0.39 is 29.8 Å². The van der Waals surface area contributed by atoms with Gasteiger partial charge in [-0.15, -0.1) is 0 Å². The number of hydrogen-bond acceptors (Lipinski definition) is 3. The molecular weight excluding hydrogens is 404 g/mol. The molecule has 0 spiro atoms. The molecule has 0 radical (unpaired) electrons. The number of aryl methyl sites for hydroxylation is 1. The number of piperidine rings is 1. The minimum atomic E-state index is -5.05. The highest BCUT2D eigenvalue weighted by Crippen LogP contribution is 2.40. The Balaban J connectivity index is 1.51. The molecule has 2 amide bonds. The van der Waals surface area contributed by atoms with Crippen molar-refractivity contribution < 1.29 is 32.3 Å². The van der Waals surface area contributed by atoms with Crippen LogP contribution < -0.4 is 5.32 Å². The number of nitrogens with one attached hydrogen (secondary N) is 1. The van der Waals surface area contributed by atoms with Gasteiger partial charge in [0.2, 0.25) is 11.5 Å². The largest absolute Gasteiger partial charge is 0.426 e. The van der Waals surface area contributed by atoms with E-state index in [1.807, 2.05) is 0 Å². The molecule has 166 valence electrons. The number of carbonyl (C=O) groups is 2. The number of carbonyl (C=O) groups excluding carboxylic acids is 2. The van der Waals surface area contributed by atoms with Gasteiger partial charge >= 0.3 is 6.18 Å². The molecule has 1 aromatic rings. The molecule has 2 N–H and O–H groups in total. The van der Waals surface area contributed by atoms with Gasteiger partial charge < -0.3 is 15.3 Å². The third-order valence-corrected chi connectivity index (χ3v) is 6.11. The smallest absolute Gasteiger partial charge is 0.373 e. The van der Waals surface area contributed by atoms with Crippen LogP contribution in [0.3, 0.4) is 0 Å². The predicted molar refractivity (Wildman–Crippen MR) is 101 cm³/mol. The number of hydrogen-bond donors (Lipinski definition) is 2. The molecule has 3 atom stereocenters.